The van der Waals surface area contributed by atoms with E-state index in [2.05, 4.69) is 19.6 Å². The van der Waals surface area contributed by atoms with Crippen molar-refractivity contribution in [1.82, 2.24) is 5.01 Å². The molecule has 0 aromatic carbocycles. The Morgan fingerprint density at radius 1 is 1.40 bits per heavy atom. The van der Waals surface area contributed by atoms with Gasteiger partial charge in [0.2, 0.25) is 0 Å². The minimum atomic E-state index is 0.537. The van der Waals surface area contributed by atoms with E-state index in [1.54, 1.807) is 5.01 Å². The van der Waals surface area contributed by atoms with E-state index < -0.39 is 0 Å². The lowest BCUT2D eigenvalue weighted by molar-refractivity contribution is 0.428. The Bertz CT molecular complexity index is 348. The molecule has 0 bridgehead atoms. The molecule has 0 saturated heterocycles. The van der Waals surface area contributed by atoms with Crippen LogP contribution in [-0.4, -0.2) is 5.01 Å². The maximum Gasteiger partial charge on any atom is 0.0368 e. The highest BCUT2D eigenvalue weighted by Gasteiger charge is 2.09. The van der Waals surface area contributed by atoms with Crippen molar-refractivity contribution in [3.05, 3.63) is 47.5 Å². The molecular weight excluding hydrogens is 186 g/mol. The molecule has 4 N–H and O–H groups in total. The average Bonchev–Trinajstić information content (AvgIpc) is 2.17. The lowest BCUT2D eigenvalue weighted by Crippen LogP contribution is -2.29. The van der Waals surface area contributed by atoms with Crippen LogP contribution in [-0.2, 0) is 0 Å². The SMILES string of the molecule is C=C(N)/C=C1/CC/C(C)=C/C=C(/C)N1N. The van der Waals surface area contributed by atoms with Crippen LogP contribution in [0.25, 0.3) is 0 Å². The van der Waals surface area contributed by atoms with Crippen molar-refractivity contribution in [1.29, 1.82) is 0 Å². The fraction of sp³-hybridized carbons (Fsp3) is 0.333. The second-order valence-corrected chi connectivity index (χ2v) is 3.90. The summed E-state index contributed by atoms with van der Waals surface area (Å²) in [6.45, 7) is 7.76. The predicted molar refractivity (Wildman–Crippen MR) is 64.2 cm³/mol. The molecule has 0 unspecified atom stereocenters. The Morgan fingerprint density at radius 3 is 2.67 bits per heavy atom. The number of nitrogens with two attached hydrogens (primary N) is 2. The molecule has 1 heterocycles. The van der Waals surface area contributed by atoms with Gasteiger partial charge in [0.15, 0.2) is 0 Å². The van der Waals surface area contributed by atoms with Crippen LogP contribution < -0.4 is 11.6 Å². The van der Waals surface area contributed by atoms with Crippen molar-refractivity contribution >= 4 is 0 Å². The van der Waals surface area contributed by atoms with Crippen molar-refractivity contribution in [2.24, 2.45) is 11.6 Å². The number of allylic oxidation sites excluding steroid dienone is 6. The number of hydrazine groups is 1. The smallest absolute Gasteiger partial charge is 0.0368 e. The van der Waals surface area contributed by atoms with Crippen molar-refractivity contribution in [2.45, 2.75) is 26.7 Å². The zero-order valence-corrected chi connectivity index (χ0v) is 9.46. The molecule has 1 aliphatic rings. The van der Waals surface area contributed by atoms with Gasteiger partial charge in [-0.2, -0.15) is 0 Å². The lowest BCUT2D eigenvalue weighted by Gasteiger charge is -2.24. The number of nitrogens with zero attached hydrogens (tertiary/aromatic N) is 1. The molecule has 0 spiro atoms. The summed E-state index contributed by atoms with van der Waals surface area (Å²) < 4.78 is 0. The van der Waals surface area contributed by atoms with Gasteiger partial charge < -0.3 is 5.73 Å². The third-order valence-corrected chi connectivity index (χ3v) is 2.43. The summed E-state index contributed by atoms with van der Waals surface area (Å²) in [6, 6.07) is 0. The van der Waals surface area contributed by atoms with Gasteiger partial charge in [0.1, 0.15) is 0 Å². The van der Waals surface area contributed by atoms with Gasteiger partial charge in [0, 0.05) is 17.1 Å². The van der Waals surface area contributed by atoms with Gasteiger partial charge in [0.25, 0.3) is 0 Å². The quantitative estimate of drug-likeness (QED) is 0.645. The Labute approximate surface area is 91.4 Å². The number of rotatable bonds is 1. The normalized spacial score (nSPS) is 27.4. The first-order valence-electron chi connectivity index (χ1n) is 5.04. The molecular formula is C12H19N3. The molecule has 0 radical (unpaired) electrons. The van der Waals surface area contributed by atoms with Crippen LogP contribution in [0.5, 0.6) is 0 Å². The predicted octanol–water partition coefficient (Wildman–Crippen LogP) is 2.16. The van der Waals surface area contributed by atoms with E-state index in [-0.39, 0.29) is 0 Å². The maximum atomic E-state index is 5.96. The third kappa shape index (κ3) is 3.29. The summed E-state index contributed by atoms with van der Waals surface area (Å²) in [7, 11) is 0. The van der Waals surface area contributed by atoms with E-state index in [4.69, 9.17) is 11.6 Å². The standard InChI is InChI=1S/C12H19N3/c1-9-4-6-11(3)15(14)12(7-5-9)8-10(2)13/h4,6,8H,2,5,7,13-14H2,1,3H3/b9-4+,11-6-,12-8-. The van der Waals surface area contributed by atoms with Crippen LogP contribution in [0.4, 0.5) is 0 Å². The molecule has 1 aliphatic heterocycles. The van der Waals surface area contributed by atoms with Crippen LogP contribution in [0, 0.1) is 0 Å². The minimum Gasteiger partial charge on any atom is -0.399 e. The summed E-state index contributed by atoms with van der Waals surface area (Å²) in [5.41, 5.74) is 9.45. The number of hydrogen-bond donors (Lipinski definition) is 2. The van der Waals surface area contributed by atoms with E-state index in [9.17, 15) is 0 Å². The van der Waals surface area contributed by atoms with Gasteiger partial charge in [-0.1, -0.05) is 18.2 Å². The highest BCUT2D eigenvalue weighted by Crippen LogP contribution is 2.20. The Hall–Kier alpha value is -1.48. The summed E-state index contributed by atoms with van der Waals surface area (Å²) in [6.07, 6.45) is 7.83. The van der Waals surface area contributed by atoms with E-state index in [0.717, 1.165) is 24.2 Å². The minimum absolute atomic E-state index is 0.537. The first kappa shape index (κ1) is 11.6. The van der Waals surface area contributed by atoms with Gasteiger partial charge in [-0.3, -0.25) is 5.01 Å². The second kappa shape index (κ2) is 4.84. The second-order valence-electron chi connectivity index (χ2n) is 3.90. The van der Waals surface area contributed by atoms with Gasteiger partial charge >= 0.3 is 0 Å². The molecule has 0 aliphatic carbocycles. The molecule has 0 saturated carbocycles. The first-order valence-corrected chi connectivity index (χ1v) is 5.04. The monoisotopic (exact) mass is 205 g/mol. The first-order chi connectivity index (χ1) is 7.00. The molecule has 1 rings (SSSR count). The third-order valence-electron chi connectivity index (χ3n) is 2.43. The zero-order valence-electron chi connectivity index (χ0n) is 9.46. The Kier molecular flexibility index (Phi) is 3.74. The van der Waals surface area contributed by atoms with Crippen molar-refractivity contribution in [2.75, 3.05) is 0 Å². The van der Waals surface area contributed by atoms with E-state index in [0.29, 0.717) is 5.70 Å². The fourth-order valence-corrected chi connectivity index (χ4v) is 1.45. The van der Waals surface area contributed by atoms with Crippen LogP contribution >= 0.6 is 0 Å². The number of hydrogen-bond acceptors (Lipinski definition) is 3. The van der Waals surface area contributed by atoms with E-state index in [1.165, 1.54) is 5.57 Å². The van der Waals surface area contributed by atoms with Crippen LogP contribution in [0.3, 0.4) is 0 Å². The van der Waals surface area contributed by atoms with Crippen LogP contribution in [0.1, 0.15) is 26.7 Å². The van der Waals surface area contributed by atoms with Crippen molar-refractivity contribution < 1.29 is 0 Å². The zero-order chi connectivity index (χ0) is 11.4. The van der Waals surface area contributed by atoms with Crippen LogP contribution in [0.2, 0.25) is 0 Å². The van der Waals surface area contributed by atoms with E-state index >= 15 is 0 Å². The molecule has 15 heavy (non-hydrogen) atoms. The van der Waals surface area contributed by atoms with Crippen molar-refractivity contribution in [3.63, 3.8) is 0 Å². The topological polar surface area (TPSA) is 55.3 Å². The van der Waals surface area contributed by atoms with Gasteiger partial charge in [-0.25, -0.2) is 5.84 Å². The molecule has 0 aromatic heterocycles. The maximum absolute atomic E-state index is 5.96. The Morgan fingerprint density at radius 2 is 2.07 bits per heavy atom. The summed E-state index contributed by atoms with van der Waals surface area (Å²) in [4.78, 5) is 0. The molecule has 0 fully saturated rings. The van der Waals surface area contributed by atoms with Gasteiger partial charge in [-0.15, -0.1) is 0 Å². The molecule has 3 nitrogen and oxygen atoms in total. The fourth-order valence-electron chi connectivity index (χ4n) is 1.45. The van der Waals surface area contributed by atoms with Crippen LogP contribution in [0.15, 0.2) is 47.5 Å². The largest absolute Gasteiger partial charge is 0.399 e. The van der Waals surface area contributed by atoms with Gasteiger partial charge in [0.05, 0.1) is 0 Å². The molecule has 3 heteroatoms. The Balaban J connectivity index is 2.99. The summed E-state index contributed by atoms with van der Waals surface area (Å²) >= 11 is 0. The molecule has 82 valence electrons. The molecule has 0 atom stereocenters. The highest BCUT2D eigenvalue weighted by atomic mass is 15.4. The lowest BCUT2D eigenvalue weighted by atomic mass is 10.1. The summed E-state index contributed by atoms with van der Waals surface area (Å²) in [5, 5.41) is 1.67. The molecule has 0 amide bonds. The van der Waals surface area contributed by atoms with E-state index in [1.807, 2.05) is 19.1 Å². The summed E-state index contributed by atoms with van der Waals surface area (Å²) in [5.74, 6) is 5.96. The highest BCUT2D eigenvalue weighted by molar-refractivity contribution is 5.25. The van der Waals surface area contributed by atoms with Gasteiger partial charge in [-0.05, 0) is 38.8 Å². The molecule has 0 aromatic rings. The average molecular weight is 205 g/mol. The van der Waals surface area contributed by atoms with Crippen molar-refractivity contribution in [3.8, 4) is 0 Å².